The number of benzene rings is 2. The van der Waals surface area contributed by atoms with Crippen LogP contribution in [0.2, 0.25) is 0 Å². The maximum absolute atomic E-state index is 14.5. The Hall–Kier alpha value is -4.06. The molecular formula is C34H36F4N4O4. The fraction of sp³-hybridized carbons (Fsp3) is 0.471. The van der Waals surface area contributed by atoms with Gasteiger partial charge in [0, 0.05) is 50.3 Å². The molecule has 3 aliphatic heterocycles. The van der Waals surface area contributed by atoms with E-state index in [2.05, 4.69) is 19.2 Å². The van der Waals surface area contributed by atoms with E-state index in [0.29, 0.717) is 47.1 Å². The van der Waals surface area contributed by atoms with E-state index in [0.717, 1.165) is 5.57 Å². The van der Waals surface area contributed by atoms with E-state index >= 15 is 0 Å². The number of halogens is 4. The van der Waals surface area contributed by atoms with E-state index in [1.807, 2.05) is 0 Å². The molecule has 3 heterocycles. The molecule has 2 aromatic rings. The average molecular weight is 641 g/mol. The molecule has 46 heavy (non-hydrogen) atoms. The van der Waals surface area contributed by atoms with Gasteiger partial charge in [-0.05, 0) is 71.6 Å². The zero-order valence-electron chi connectivity index (χ0n) is 25.8. The zero-order chi connectivity index (χ0) is 33.0. The van der Waals surface area contributed by atoms with Gasteiger partial charge in [0.05, 0.1) is 0 Å². The maximum Gasteiger partial charge on any atom is 0.405 e. The molecule has 12 heteroatoms. The first kappa shape index (κ1) is 31.9. The van der Waals surface area contributed by atoms with Crippen LogP contribution in [0.3, 0.4) is 0 Å². The number of hydrogen-bond donors (Lipinski definition) is 1. The standard InChI is InChI=1S/C34H36F4N4O4/c1-33(2)12-11-25(26(16-33)21-4-6-23(35)7-5-21)31(45)41-14-13-40(28(19-41)34(36,37)38)17-20-3-8-24-22(15-20)18-42(32(24)46)27-9-10-29(43)39-30(27)44/h3-8,15,27-28H,9-14,16-19H2,1-2H3,(H,39,43,44). The van der Waals surface area contributed by atoms with E-state index in [1.54, 1.807) is 30.3 Å². The van der Waals surface area contributed by atoms with Crippen LogP contribution in [0, 0.1) is 11.2 Å². The molecule has 0 bridgehead atoms. The zero-order valence-corrected chi connectivity index (χ0v) is 25.8. The van der Waals surface area contributed by atoms with Crippen LogP contribution in [0.5, 0.6) is 0 Å². The summed E-state index contributed by atoms with van der Waals surface area (Å²) in [4.78, 5) is 54.8. The number of carbonyl (C=O) groups is 4. The average Bonchev–Trinajstić information content (AvgIpc) is 3.31. The van der Waals surface area contributed by atoms with Gasteiger partial charge in [0.25, 0.3) is 5.91 Å². The first-order chi connectivity index (χ1) is 21.7. The highest BCUT2D eigenvalue weighted by atomic mass is 19.4. The van der Waals surface area contributed by atoms with Gasteiger partial charge in [-0.25, -0.2) is 4.39 Å². The largest absolute Gasteiger partial charge is 0.405 e. The van der Waals surface area contributed by atoms with Crippen LogP contribution >= 0.6 is 0 Å². The number of fused-ring (bicyclic) bond motifs is 1. The Morgan fingerprint density at radius 1 is 1.02 bits per heavy atom. The minimum Gasteiger partial charge on any atom is -0.336 e. The molecule has 1 aliphatic carbocycles. The molecule has 4 amide bonds. The molecule has 0 spiro atoms. The number of nitrogens with zero attached hydrogens (tertiary/aromatic N) is 3. The predicted molar refractivity (Wildman–Crippen MR) is 160 cm³/mol. The van der Waals surface area contributed by atoms with E-state index in [-0.39, 0.29) is 56.3 Å². The summed E-state index contributed by atoms with van der Waals surface area (Å²) < 4.78 is 57.2. The third kappa shape index (κ3) is 6.31. The van der Waals surface area contributed by atoms with Gasteiger partial charge in [-0.15, -0.1) is 0 Å². The lowest BCUT2D eigenvalue weighted by molar-refractivity contribution is -0.199. The van der Waals surface area contributed by atoms with Crippen molar-refractivity contribution in [1.82, 2.24) is 20.0 Å². The molecule has 244 valence electrons. The van der Waals surface area contributed by atoms with E-state index in [4.69, 9.17) is 0 Å². The van der Waals surface area contributed by atoms with Crippen molar-refractivity contribution in [3.05, 3.63) is 76.1 Å². The van der Waals surface area contributed by atoms with Crippen LogP contribution in [0.1, 0.15) is 73.0 Å². The Bertz CT molecular complexity index is 1620. The fourth-order valence-electron chi connectivity index (χ4n) is 7.11. The topological polar surface area (TPSA) is 90.0 Å². The minimum absolute atomic E-state index is 0.00101. The van der Waals surface area contributed by atoms with Crippen LogP contribution in [0.15, 0.2) is 48.0 Å². The molecule has 6 rings (SSSR count). The van der Waals surface area contributed by atoms with E-state index < -0.39 is 42.4 Å². The molecule has 0 saturated carbocycles. The lowest BCUT2D eigenvalue weighted by Gasteiger charge is -2.43. The van der Waals surface area contributed by atoms with Crippen LogP contribution in [0.25, 0.3) is 5.57 Å². The fourth-order valence-corrected chi connectivity index (χ4v) is 7.11. The Balaban J connectivity index is 1.19. The minimum atomic E-state index is -4.60. The Kier molecular flexibility index (Phi) is 8.28. The lowest BCUT2D eigenvalue weighted by atomic mass is 9.72. The van der Waals surface area contributed by atoms with E-state index in [1.165, 1.54) is 26.8 Å². The maximum atomic E-state index is 14.5. The quantitative estimate of drug-likeness (QED) is 0.374. The number of piperidine rings is 1. The van der Waals surface area contributed by atoms with E-state index in [9.17, 15) is 36.7 Å². The van der Waals surface area contributed by atoms with Crippen molar-refractivity contribution in [2.75, 3.05) is 19.6 Å². The van der Waals surface area contributed by atoms with Crippen molar-refractivity contribution in [3.63, 3.8) is 0 Å². The van der Waals surface area contributed by atoms with Crippen molar-refractivity contribution in [1.29, 1.82) is 0 Å². The second-order valence-electron chi connectivity index (χ2n) is 13.5. The van der Waals surface area contributed by atoms with Gasteiger partial charge in [-0.2, -0.15) is 13.2 Å². The summed E-state index contributed by atoms with van der Waals surface area (Å²) >= 11 is 0. The van der Waals surface area contributed by atoms with Crippen LogP contribution in [-0.2, 0) is 27.5 Å². The van der Waals surface area contributed by atoms with Gasteiger partial charge in [0.2, 0.25) is 17.7 Å². The van der Waals surface area contributed by atoms with Gasteiger partial charge in [0.15, 0.2) is 0 Å². The summed E-state index contributed by atoms with van der Waals surface area (Å²) in [6.45, 7) is 3.85. The predicted octanol–water partition coefficient (Wildman–Crippen LogP) is 4.83. The second kappa shape index (κ2) is 11.9. The number of rotatable bonds is 5. The summed E-state index contributed by atoms with van der Waals surface area (Å²) in [6.07, 6.45) is -2.56. The summed E-state index contributed by atoms with van der Waals surface area (Å²) in [5.41, 5.74) is 3.43. The molecule has 2 saturated heterocycles. The smallest absolute Gasteiger partial charge is 0.336 e. The number of imide groups is 1. The molecule has 1 N–H and O–H groups in total. The molecule has 4 aliphatic rings. The SMILES string of the molecule is CC1(C)CCC(C(=O)N2CCN(Cc3ccc4c(c3)CN(C3CCC(=O)NC3=O)C4=O)C(C(F)(F)F)C2)=C(c2ccc(F)cc2)C1. The third-order valence-electron chi connectivity index (χ3n) is 9.65. The highest BCUT2D eigenvalue weighted by molar-refractivity contribution is 6.05. The van der Waals surface area contributed by atoms with Crippen LogP contribution < -0.4 is 5.32 Å². The van der Waals surface area contributed by atoms with Gasteiger partial charge < -0.3 is 9.80 Å². The molecule has 2 fully saturated rings. The first-order valence-electron chi connectivity index (χ1n) is 15.5. The molecule has 2 unspecified atom stereocenters. The summed E-state index contributed by atoms with van der Waals surface area (Å²) in [5, 5.41) is 2.26. The summed E-state index contributed by atoms with van der Waals surface area (Å²) in [6, 6.07) is 8.11. The normalized spacial score (nSPS) is 23.9. The number of carbonyl (C=O) groups excluding carboxylic acids is 4. The van der Waals surface area contributed by atoms with Gasteiger partial charge in [-0.3, -0.25) is 29.4 Å². The van der Waals surface area contributed by atoms with Crippen LogP contribution in [-0.4, -0.2) is 76.2 Å². The third-order valence-corrected chi connectivity index (χ3v) is 9.65. The number of allylic oxidation sites excluding steroid dienone is 1. The van der Waals surface area contributed by atoms with Crippen molar-refractivity contribution >= 4 is 29.2 Å². The molecule has 8 nitrogen and oxygen atoms in total. The Morgan fingerprint density at radius 2 is 1.76 bits per heavy atom. The number of piperazine rings is 1. The number of hydrogen-bond acceptors (Lipinski definition) is 5. The van der Waals surface area contributed by atoms with Crippen molar-refractivity contribution < 1.29 is 36.7 Å². The lowest BCUT2D eigenvalue weighted by Crippen LogP contribution is -2.59. The number of amides is 4. The molecule has 0 aromatic heterocycles. The summed E-state index contributed by atoms with van der Waals surface area (Å²) in [7, 11) is 0. The van der Waals surface area contributed by atoms with Crippen LogP contribution in [0.4, 0.5) is 17.6 Å². The van der Waals surface area contributed by atoms with Crippen molar-refractivity contribution in [2.45, 2.75) is 77.3 Å². The number of nitrogens with one attached hydrogen (secondary N) is 1. The molecular weight excluding hydrogens is 604 g/mol. The van der Waals surface area contributed by atoms with Gasteiger partial charge >= 0.3 is 6.18 Å². The van der Waals surface area contributed by atoms with Crippen molar-refractivity contribution in [3.8, 4) is 0 Å². The first-order valence-corrected chi connectivity index (χ1v) is 15.5. The molecule has 0 radical (unpaired) electrons. The van der Waals surface area contributed by atoms with Crippen molar-refractivity contribution in [2.24, 2.45) is 5.41 Å². The Morgan fingerprint density at radius 3 is 2.46 bits per heavy atom. The highest BCUT2D eigenvalue weighted by Crippen LogP contribution is 2.44. The van der Waals surface area contributed by atoms with Gasteiger partial charge in [-0.1, -0.05) is 38.1 Å². The molecule has 2 aromatic carbocycles. The Labute approximate surface area is 264 Å². The monoisotopic (exact) mass is 640 g/mol. The molecule has 2 atom stereocenters. The highest BCUT2D eigenvalue weighted by Gasteiger charge is 2.48. The number of alkyl halides is 3. The van der Waals surface area contributed by atoms with Gasteiger partial charge in [0.1, 0.15) is 17.9 Å². The summed E-state index contributed by atoms with van der Waals surface area (Å²) in [5.74, 6) is -2.08. The second-order valence-corrected chi connectivity index (χ2v) is 13.5.